The van der Waals surface area contributed by atoms with Crippen LogP contribution in [0, 0.1) is 10.1 Å². The molecule has 1 atom stereocenters. The molecule has 1 unspecified atom stereocenters. The van der Waals surface area contributed by atoms with Crippen molar-refractivity contribution in [2.24, 2.45) is 0 Å². The number of rotatable bonds is 8. The Morgan fingerprint density at radius 2 is 1.96 bits per heavy atom. The van der Waals surface area contributed by atoms with Crippen LogP contribution in [0.5, 0.6) is 5.75 Å². The topological polar surface area (TPSA) is 102 Å². The SMILES string of the molecule is O=C(Cc1ccccc1[N+](=O)[O-])NCC(O)COc1cccc(Cl)c1Cl. The largest absolute Gasteiger partial charge is 0.489 e. The first-order valence-corrected chi connectivity index (χ1v) is 8.38. The van der Waals surface area contributed by atoms with Gasteiger partial charge >= 0.3 is 0 Å². The summed E-state index contributed by atoms with van der Waals surface area (Å²) in [5.74, 6) is -0.122. The summed E-state index contributed by atoms with van der Waals surface area (Å²) in [6.07, 6.45) is -1.15. The fourth-order valence-corrected chi connectivity index (χ4v) is 2.49. The van der Waals surface area contributed by atoms with Crippen molar-refractivity contribution >= 4 is 34.8 Å². The Labute approximate surface area is 159 Å². The third-order valence-electron chi connectivity index (χ3n) is 3.42. The summed E-state index contributed by atoms with van der Waals surface area (Å²) in [4.78, 5) is 22.3. The molecule has 0 spiro atoms. The Morgan fingerprint density at radius 3 is 2.69 bits per heavy atom. The van der Waals surface area contributed by atoms with E-state index in [1.54, 1.807) is 24.3 Å². The van der Waals surface area contributed by atoms with Gasteiger partial charge in [0.05, 0.1) is 16.4 Å². The molecule has 9 heteroatoms. The van der Waals surface area contributed by atoms with Crippen LogP contribution in [0.2, 0.25) is 10.0 Å². The molecule has 0 saturated heterocycles. The lowest BCUT2D eigenvalue weighted by Gasteiger charge is -2.14. The number of nitro benzene ring substituents is 1. The molecule has 2 aromatic rings. The summed E-state index contributed by atoms with van der Waals surface area (Å²) in [6, 6.07) is 10.9. The number of ether oxygens (including phenoxy) is 1. The van der Waals surface area contributed by atoms with Crippen LogP contribution in [0.1, 0.15) is 5.56 Å². The Bertz CT molecular complexity index is 800. The lowest BCUT2D eigenvalue weighted by atomic mass is 10.1. The van der Waals surface area contributed by atoms with E-state index in [-0.39, 0.29) is 30.3 Å². The highest BCUT2D eigenvalue weighted by molar-refractivity contribution is 6.42. The average molecular weight is 399 g/mol. The van der Waals surface area contributed by atoms with E-state index in [4.69, 9.17) is 27.9 Å². The summed E-state index contributed by atoms with van der Waals surface area (Å²) >= 11 is 11.8. The number of aliphatic hydroxyl groups is 1. The number of nitro groups is 1. The van der Waals surface area contributed by atoms with Crippen LogP contribution in [0.25, 0.3) is 0 Å². The van der Waals surface area contributed by atoms with Crippen molar-refractivity contribution in [2.45, 2.75) is 12.5 Å². The molecule has 7 nitrogen and oxygen atoms in total. The molecule has 2 rings (SSSR count). The van der Waals surface area contributed by atoms with E-state index in [1.165, 1.54) is 18.2 Å². The van der Waals surface area contributed by atoms with Crippen molar-refractivity contribution in [3.63, 3.8) is 0 Å². The number of amides is 1. The number of benzene rings is 2. The van der Waals surface area contributed by atoms with Gasteiger partial charge in [-0.05, 0) is 12.1 Å². The zero-order valence-electron chi connectivity index (χ0n) is 13.5. The van der Waals surface area contributed by atoms with Gasteiger partial charge in [0.2, 0.25) is 5.91 Å². The maximum Gasteiger partial charge on any atom is 0.273 e. The van der Waals surface area contributed by atoms with Gasteiger partial charge in [-0.3, -0.25) is 14.9 Å². The molecule has 2 aromatic carbocycles. The van der Waals surface area contributed by atoms with E-state index in [0.717, 1.165) is 0 Å². The van der Waals surface area contributed by atoms with Gasteiger partial charge in [0.15, 0.2) is 0 Å². The summed E-state index contributed by atoms with van der Waals surface area (Å²) in [6.45, 7) is -0.177. The molecule has 2 N–H and O–H groups in total. The van der Waals surface area contributed by atoms with Gasteiger partial charge in [-0.2, -0.15) is 0 Å². The number of nitrogens with zero attached hydrogens (tertiary/aromatic N) is 1. The van der Waals surface area contributed by atoms with E-state index in [9.17, 15) is 20.0 Å². The number of halogens is 2. The molecule has 1 amide bonds. The van der Waals surface area contributed by atoms with Crippen LogP contribution in [-0.2, 0) is 11.2 Å². The quantitative estimate of drug-likeness (QED) is 0.525. The minimum absolute atomic E-state index is 0.0718. The standard InChI is InChI=1S/C17H16Cl2N2O5/c18-13-5-3-7-15(17(13)19)26-10-12(22)9-20-16(23)8-11-4-1-2-6-14(11)21(24)25/h1-7,12,22H,8-10H2,(H,20,23). The maximum atomic E-state index is 11.9. The van der Waals surface area contributed by atoms with Crippen molar-refractivity contribution in [2.75, 3.05) is 13.2 Å². The maximum absolute atomic E-state index is 11.9. The number of aliphatic hydroxyl groups excluding tert-OH is 1. The fraction of sp³-hybridized carbons (Fsp3) is 0.235. The molecular formula is C17H16Cl2N2O5. The van der Waals surface area contributed by atoms with Crippen molar-refractivity contribution in [3.05, 3.63) is 68.2 Å². The van der Waals surface area contributed by atoms with E-state index >= 15 is 0 Å². The Kier molecular flexibility index (Phi) is 7.20. The third kappa shape index (κ3) is 5.59. The molecule has 0 aromatic heterocycles. The highest BCUT2D eigenvalue weighted by Gasteiger charge is 2.16. The number of hydrogen-bond acceptors (Lipinski definition) is 5. The normalized spacial score (nSPS) is 11.7. The first-order valence-electron chi connectivity index (χ1n) is 7.62. The molecule has 0 heterocycles. The van der Waals surface area contributed by atoms with Crippen LogP contribution in [0.4, 0.5) is 5.69 Å². The molecule has 0 radical (unpaired) electrons. The molecule has 26 heavy (non-hydrogen) atoms. The van der Waals surface area contributed by atoms with Crippen molar-refractivity contribution in [1.82, 2.24) is 5.32 Å². The Hall–Kier alpha value is -2.35. The third-order valence-corrected chi connectivity index (χ3v) is 4.22. The molecule has 0 bridgehead atoms. The zero-order chi connectivity index (χ0) is 19.1. The van der Waals surface area contributed by atoms with E-state index in [0.29, 0.717) is 16.3 Å². The van der Waals surface area contributed by atoms with Crippen LogP contribution in [-0.4, -0.2) is 35.2 Å². The second kappa shape index (κ2) is 9.38. The summed E-state index contributed by atoms with van der Waals surface area (Å²) < 4.78 is 5.37. The monoisotopic (exact) mass is 398 g/mol. The smallest absolute Gasteiger partial charge is 0.273 e. The summed E-state index contributed by atoms with van der Waals surface area (Å²) in [5.41, 5.74) is 0.175. The lowest BCUT2D eigenvalue weighted by molar-refractivity contribution is -0.385. The molecule has 138 valence electrons. The van der Waals surface area contributed by atoms with Gasteiger partial charge in [-0.15, -0.1) is 0 Å². The molecule has 0 aliphatic carbocycles. The fourth-order valence-electron chi connectivity index (χ4n) is 2.15. The van der Waals surface area contributed by atoms with Gasteiger partial charge in [-0.25, -0.2) is 0 Å². The van der Waals surface area contributed by atoms with Gasteiger partial charge in [-0.1, -0.05) is 47.5 Å². The second-order valence-electron chi connectivity index (χ2n) is 5.38. The van der Waals surface area contributed by atoms with E-state index < -0.39 is 16.9 Å². The first kappa shape index (κ1) is 20.0. The molecule has 0 aliphatic heterocycles. The number of para-hydroxylation sites is 1. The van der Waals surface area contributed by atoms with E-state index in [2.05, 4.69) is 5.32 Å². The van der Waals surface area contributed by atoms with Gasteiger partial charge < -0.3 is 15.2 Å². The predicted molar refractivity (Wildman–Crippen MR) is 97.8 cm³/mol. The second-order valence-corrected chi connectivity index (χ2v) is 6.17. The summed E-state index contributed by atoms with van der Waals surface area (Å²) in [7, 11) is 0. The minimum Gasteiger partial charge on any atom is -0.489 e. The Morgan fingerprint density at radius 1 is 1.23 bits per heavy atom. The van der Waals surface area contributed by atoms with Gasteiger partial charge in [0, 0.05) is 18.2 Å². The summed E-state index contributed by atoms with van der Waals surface area (Å²) in [5, 5.41) is 23.9. The number of carbonyl (C=O) groups excluding carboxylic acids is 1. The highest BCUT2D eigenvalue weighted by atomic mass is 35.5. The van der Waals surface area contributed by atoms with Crippen LogP contribution in [0.15, 0.2) is 42.5 Å². The van der Waals surface area contributed by atoms with Crippen molar-refractivity contribution < 1.29 is 19.6 Å². The molecule has 0 aliphatic rings. The van der Waals surface area contributed by atoms with Crippen LogP contribution >= 0.6 is 23.2 Å². The average Bonchev–Trinajstić information content (AvgIpc) is 2.61. The molecular weight excluding hydrogens is 383 g/mol. The predicted octanol–water partition coefficient (Wildman–Crippen LogP) is 3.00. The zero-order valence-corrected chi connectivity index (χ0v) is 15.0. The van der Waals surface area contributed by atoms with Crippen LogP contribution < -0.4 is 10.1 Å². The van der Waals surface area contributed by atoms with Gasteiger partial charge in [0.1, 0.15) is 23.5 Å². The van der Waals surface area contributed by atoms with E-state index in [1.807, 2.05) is 0 Å². The number of nitrogens with one attached hydrogen (secondary N) is 1. The number of hydrogen-bond donors (Lipinski definition) is 2. The van der Waals surface area contributed by atoms with Crippen molar-refractivity contribution in [1.29, 1.82) is 0 Å². The van der Waals surface area contributed by atoms with Crippen molar-refractivity contribution in [3.8, 4) is 5.75 Å². The van der Waals surface area contributed by atoms with Crippen LogP contribution in [0.3, 0.4) is 0 Å². The van der Waals surface area contributed by atoms with Gasteiger partial charge in [0.25, 0.3) is 5.69 Å². The number of carbonyl (C=O) groups is 1. The molecule has 0 saturated carbocycles. The molecule has 0 fully saturated rings. The minimum atomic E-state index is -0.986. The lowest BCUT2D eigenvalue weighted by Crippen LogP contribution is -2.36. The highest BCUT2D eigenvalue weighted by Crippen LogP contribution is 2.31. The first-order chi connectivity index (χ1) is 12.4. The Balaban J connectivity index is 1.82.